The minimum atomic E-state index is -1.36. The third-order valence-corrected chi connectivity index (χ3v) is 2.76. The van der Waals surface area contributed by atoms with Crippen LogP contribution in [0.3, 0.4) is 0 Å². The third kappa shape index (κ3) is 3.36. The number of aryl methyl sites for hydroxylation is 1. The molecule has 0 aromatic heterocycles. The molecule has 0 radical (unpaired) electrons. The Labute approximate surface area is 92.1 Å². The molecule has 1 rings (SSSR count). The van der Waals surface area contributed by atoms with Crippen molar-refractivity contribution in [1.82, 2.24) is 0 Å². The first-order chi connectivity index (χ1) is 7.02. The van der Waals surface area contributed by atoms with E-state index in [4.69, 9.17) is 10.0 Å². The Morgan fingerprint density at radius 2 is 1.93 bits per heavy atom. The molecule has 0 aliphatic rings. The number of hydrogen-bond acceptors (Lipinski definition) is 2. The molecule has 15 heavy (non-hydrogen) atoms. The summed E-state index contributed by atoms with van der Waals surface area (Å²) in [5.41, 5.74) is 2.85. The van der Waals surface area contributed by atoms with Crippen molar-refractivity contribution < 1.29 is 10.0 Å². The van der Waals surface area contributed by atoms with Crippen LogP contribution in [0.1, 0.15) is 31.4 Å². The fourth-order valence-corrected chi connectivity index (χ4v) is 1.70. The molecule has 82 valence electrons. The molecule has 0 aliphatic heterocycles. The Balaban J connectivity index is 2.85. The average Bonchev–Trinajstić information content (AvgIpc) is 2.15. The maximum Gasteiger partial charge on any atom is 0.488 e. The molecule has 0 spiro atoms. The van der Waals surface area contributed by atoms with Crippen LogP contribution in [-0.4, -0.2) is 17.2 Å². The van der Waals surface area contributed by atoms with Gasteiger partial charge in [0.2, 0.25) is 0 Å². The quantitative estimate of drug-likeness (QED) is 0.728. The predicted octanol–water partition coefficient (Wildman–Crippen LogP) is 1.26. The van der Waals surface area contributed by atoms with Gasteiger partial charge in [-0.3, -0.25) is 0 Å². The second-order valence-corrected chi connectivity index (χ2v) is 4.44. The molecule has 2 nitrogen and oxygen atoms in total. The molecule has 1 aromatic rings. The molecule has 0 heterocycles. The highest BCUT2D eigenvalue weighted by molar-refractivity contribution is 6.59. The summed E-state index contributed by atoms with van der Waals surface area (Å²) in [7, 11) is -1.36. The van der Waals surface area contributed by atoms with Crippen molar-refractivity contribution in [2.75, 3.05) is 0 Å². The van der Waals surface area contributed by atoms with Crippen molar-refractivity contribution in [2.45, 2.75) is 33.6 Å². The highest BCUT2D eigenvalue weighted by Crippen LogP contribution is 2.12. The van der Waals surface area contributed by atoms with E-state index >= 15 is 0 Å². The zero-order chi connectivity index (χ0) is 11.4. The highest BCUT2D eigenvalue weighted by Gasteiger charge is 2.15. The summed E-state index contributed by atoms with van der Waals surface area (Å²) in [6.45, 7) is 6.34. The van der Waals surface area contributed by atoms with Crippen LogP contribution >= 0.6 is 0 Å². The zero-order valence-electron chi connectivity index (χ0n) is 9.70. The lowest BCUT2D eigenvalue weighted by atomic mass is 9.75. The van der Waals surface area contributed by atoms with Crippen LogP contribution < -0.4 is 5.46 Å². The molecule has 0 unspecified atom stereocenters. The fourth-order valence-electron chi connectivity index (χ4n) is 1.70. The van der Waals surface area contributed by atoms with Gasteiger partial charge in [0.1, 0.15) is 0 Å². The van der Waals surface area contributed by atoms with Crippen molar-refractivity contribution in [3.05, 3.63) is 29.3 Å². The monoisotopic (exact) mass is 206 g/mol. The normalized spacial score (nSPS) is 10.8. The van der Waals surface area contributed by atoms with Crippen LogP contribution in [0.25, 0.3) is 0 Å². The summed E-state index contributed by atoms with van der Waals surface area (Å²) >= 11 is 0. The molecular formula is C12H19BO2. The van der Waals surface area contributed by atoms with Crippen molar-refractivity contribution in [2.24, 2.45) is 5.92 Å². The van der Waals surface area contributed by atoms with Crippen LogP contribution in [0.5, 0.6) is 0 Å². The Bertz CT molecular complexity index is 321. The second kappa shape index (κ2) is 5.33. The van der Waals surface area contributed by atoms with Gasteiger partial charge >= 0.3 is 7.12 Å². The molecule has 0 saturated heterocycles. The van der Waals surface area contributed by atoms with Crippen LogP contribution in [0.15, 0.2) is 18.2 Å². The SMILES string of the molecule is Cc1c(CCC(C)C)cccc1B(O)O. The van der Waals surface area contributed by atoms with Gasteiger partial charge in [0.15, 0.2) is 0 Å². The molecule has 0 amide bonds. The Morgan fingerprint density at radius 1 is 1.27 bits per heavy atom. The summed E-state index contributed by atoms with van der Waals surface area (Å²) in [6.07, 6.45) is 2.13. The molecule has 0 atom stereocenters. The van der Waals surface area contributed by atoms with Gasteiger partial charge in [-0.15, -0.1) is 0 Å². The van der Waals surface area contributed by atoms with Crippen molar-refractivity contribution in [3.8, 4) is 0 Å². The first-order valence-electron chi connectivity index (χ1n) is 5.47. The Kier molecular flexibility index (Phi) is 4.36. The molecule has 0 fully saturated rings. The first-order valence-corrected chi connectivity index (χ1v) is 5.47. The molecular weight excluding hydrogens is 187 g/mol. The van der Waals surface area contributed by atoms with Gasteiger partial charge in [-0.1, -0.05) is 32.0 Å². The zero-order valence-corrected chi connectivity index (χ0v) is 9.70. The topological polar surface area (TPSA) is 40.5 Å². The summed E-state index contributed by atoms with van der Waals surface area (Å²) in [4.78, 5) is 0. The maximum atomic E-state index is 9.16. The molecule has 3 heteroatoms. The Hall–Kier alpha value is -0.795. The summed E-state index contributed by atoms with van der Waals surface area (Å²) < 4.78 is 0. The highest BCUT2D eigenvalue weighted by atomic mass is 16.4. The lowest BCUT2D eigenvalue weighted by Crippen LogP contribution is -2.32. The number of hydrogen-bond donors (Lipinski definition) is 2. The van der Waals surface area contributed by atoms with Crippen molar-refractivity contribution in [3.63, 3.8) is 0 Å². The van der Waals surface area contributed by atoms with Gasteiger partial charge in [-0.05, 0) is 42.3 Å². The Morgan fingerprint density at radius 3 is 2.47 bits per heavy atom. The number of benzene rings is 1. The lowest BCUT2D eigenvalue weighted by molar-refractivity contribution is 0.425. The van der Waals surface area contributed by atoms with Gasteiger partial charge in [0.25, 0.3) is 0 Å². The molecule has 2 N–H and O–H groups in total. The summed E-state index contributed by atoms with van der Waals surface area (Å²) in [6, 6.07) is 5.71. The van der Waals surface area contributed by atoms with E-state index < -0.39 is 7.12 Å². The molecule has 1 aromatic carbocycles. The third-order valence-electron chi connectivity index (χ3n) is 2.76. The molecule has 0 bridgehead atoms. The first kappa shape index (κ1) is 12.3. The smallest absolute Gasteiger partial charge is 0.423 e. The van der Waals surface area contributed by atoms with E-state index in [9.17, 15) is 0 Å². The van der Waals surface area contributed by atoms with E-state index in [0.717, 1.165) is 18.4 Å². The molecule has 0 aliphatic carbocycles. The predicted molar refractivity (Wildman–Crippen MR) is 64.2 cm³/mol. The van der Waals surface area contributed by atoms with Gasteiger partial charge in [-0.2, -0.15) is 0 Å². The lowest BCUT2D eigenvalue weighted by Gasteiger charge is -2.11. The second-order valence-electron chi connectivity index (χ2n) is 4.44. The van der Waals surface area contributed by atoms with Gasteiger partial charge < -0.3 is 10.0 Å². The number of rotatable bonds is 4. The fraction of sp³-hybridized carbons (Fsp3) is 0.500. The van der Waals surface area contributed by atoms with E-state index in [0.29, 0.717) is 11.4 Å². The van der Waals surface area contributed by atoms with Gasteiger partial charge in [0.05, 0.1) is 0 Å². The van der Waals surface area contributed by atoms with Gasteiger partial charge in [0, 0.05) is 0 Å². The van der Waals surface area contributed by atoms with E-state index in [1.165, 1.54) is 5.56 Å². The van der Waals surface area contributed by atoms with E-state index in [-0.39, 0.29) is 0 Å². The van der Waals surface area contributed by atoms with Crippen LogP contribution in [-0.2, 0) is 6.42 Å². The molecule has 0 saturated carbocycles. The maximum absolute atomic E-state index is 9.16. The average molecular weight is 206 g/mol. The van der Waals surface area contributed by atoms with Crippen molar-refractivity contribution >= 4 is 12.6 Å². The van der Waals surface area contributed by atoms with E-state index in [2.05, 4.69) is 19.9 Å². The van der Waals surface area contributed by atoms with Crippen LogP contribution in [0, 0.1) is 12.8 Å². The van der Waals surface area contributed by atoms with E-state index in [1.54, 1.807) is 6.07 Å². The summed E-state index contributed by atoms with van der Waals surface area (Å²) in [5.74, 6) is 0.673. The minimum Gasteiger partial charge on any atom is -0.423 e. The van der Waals surface area contributed by atoms with Crippen LogP contribution in [0.4, 0.5) is 0 Å². The van der Waals surface area contributed by atoms with Crippen LogP contribution in [0.2, 0.25) is 0 Å². The van der Waals surface area contributed by atoms with Crippen molar-refractivity contribution in [1.29, 1.82) is 0 Å². The standard InChI is InChI=1S/C12H19BO2/c1-9(2)7-8-11-5-4-6-12(10(11)3)13(14)15/h4-6,9,14-15H,7-8H2,1-3H3. The minimum absolute atomic E-state index is 0.622. The van der Waals surface area contributed by atoms with Gasteiger partial charge in [-0.25, -0.2) is 0 Å². The largest absolute Gasteiger partial charge is 0.488 e. The summed E-state index contributed by atoms with van der Waals surface area (Å²) in [5, 5.41) is 18.3. The van der Waals surface area contributed by atoms with E-state index in [1.807, 2.05) is 13.0 Å².